The SMILES string of the molecule is CN=C(NCCc1cnn(C)c1)NCC(c1ccccc1)c1ccccc1. The summed E-state index contributed by atoms with van der Waals surface area (Å²) in [6.45, 7) is 1.59. The molecule has 0 fully saturated rings. The third-order valence-electron chi connectivity index (χ3n) is 4.57. The molecule has 27 heavy (non-hydrogen) atoms. The van der Waals surface area contributed by atoms with E-state index in [0.717, 1.165) is 25.5 Å². The van der Waals surface area contributed by atoms with E-state index < -0.39 is 0 Å². The van der Waals surface area contributed by atoms with Crippen LogP contribution in [0.25, 0.3) is 0 Å². The van der Waals surface area contributed by atoms with Crippen molar-refractivity contribution in [3.8, 4) is 0 Å². The van der Waals surface area contributed by atoms with Crippen molar-refractivity contribution in [2.24, 2.45) is 12.0 Å². The lowest BCUT2D eigenvalue weighted by atomic mass is 9.91. The van der Waals surface area contributed by atoms with Gasteiger partial charge in [-0.15, -0.1) is 0 Å². The number of guanidine groups is 1. The van der Waals surface area contributed by atoms with Crippen LogP contribution in [0.15, 0.2) is 78.0 Å². The summed E-state index contributed by atoms with van der Waals surface area (Å²) in [6.07, 6.45) is 4.85. The summed E-state index contributed by atoms with van der Waals surface area (Å²) >= 11 is 0. The number of nitrogens with one attached hydrogen (secondary N) is 2. The van der Waals surface area contributed by atoms with Crippen molar-refractivity contribution >= 4 is 5.96 Å². The van der Waals surface area contributed by atoms with E-state index in [1.165, 1.54) is 16.7 Å². The Morgan fingerprint density at radius 2 is 1.63 bits per heavy atom. The van der Waals surface area contributed by atoms with Crippen LogP contribution in [0.1, 0.15) is 22.6 Å². The predicted molar refractivity (Wildman–Crippen MR) is 111 cm³/mol. The molecule has 0 radical (unpaired) electrons. The van der Waals surface area contributed by atoms with Crippen LogP contribution >= 0.6 is 0 Å². The zero-order valence-electron chi connectivity index (χ0n) is 16.0. The van der Waals surface area contributed by atoms with Gasteiger partial charge in [0.1, 0.15) is 0 Å². The average Bonchev–Trinajstić information content (AvgIpc) is 3.13. The molecule has 0 saturated heterocycles. The van der Waals surface area contributed by atoms with E-state index in [0.29, 0.717) is 0 Å². The minimum atomic E-state index is 0.268. The molecule has 5 heteroatoms. The highest BCUT2D eigenvalue weighted by Gasteiger charge is 2.14. The van der Waals surface area contributed by atoms with Crippen LogP contribution < -0.4 is 10.6 Å². The zero-order valence-corrected chi connectivity index (χ0v) is 16.0. The van der Waals surface area contributed by atoms with Crippen LogP contribution in [0.2, 0.25) is 0 Å². The standard InChI is InChI=1S/C22H27N5/c1-23-22(24-14-13-18-15-26-27(2)17-18)25-16-21(19-9-5-3-6-10-19)20-11-7-4-8-12-20/h3-12,15,17,21H,13-14,16H2,1-2H3,(H2,23,24,25). The van der Waals surface area contributed by atoms with E-state index in [2.05, 4.69) is 81.4 Å². The summed E-state index contributed by atoms with van der Waals surface area (Å²) in [5.74, 6) is 1.08. The molecular weight excluding hydrogens is 334 g/mol. The Bertz CT molecular complexity index is 800. The van der Waals surface area contributed by atoms with Gasteiger partial charge in [0.15, 0.2) is 5.96 Å². The fourth-order valence-corrected chi connectivity index (χ4v) is 3.14. The van der Waals surface area contributed by atoms with Crippen molar-refractivity contribution in [3.63, 3.8) is 0 Å². The van der Waals surface area contributed by atoms with Crippen molar-refractivity contribution in [3.05, 3.63) is 89.7 Å². The molecule has 1 heterocycles. The highest BCUT2D eigenvalue weighted by atomic mass is 15.2. The Balaban J connectivity index is 1.60. The quantitative estimate of drug-likeness (QED) is 0.502. The molecule has 5 nitrogen and oxygen atoms in total. The molecule has 0 spiro atoms. The normalized spacial score (nSPS) is 11.6. The van der Waals surface area contributed by atoms with Gasteiger partial charge in [-0.25, -0.2) is 0 Å². The molecule has 0 aliphatic heterocycles. The van der Waals surface area contributed by atoms with Crippen LogP contribution in [0.5, 0.6) is 0 Å². The molecule has 2 N–H and O–H groups in total. The fraction of sp³-hybridized carbons (Fsp3) is 0.273. The highest BCUT2D eigenvalue weighted by Crippen LogP contribution is 2.23. The van der Waals surface area contributed by atoms with E-state index in [1.54, 1.807) is 7.05 Å². The number of hydrogen-bond donors (Lipinski definition) is 2. The second-order valence-electron chi connectivity index (χ2n) is 6.53. The van der Waals surface area contributed by atoms with Gasteiger partial charge >= 0.3 is 0 Å². The van der Waals surface area contributed by atoms with Gasteiger partial charge in [-0.2, -0.15) is 5.10 Å². The first-order valence-corrected chi connectivity index (χ1v) is 9.28. The molecule has 0 saturated carbocycles. The number of aromatic nitrogens is 2. The molecule has 0 aliphatic rings. The number of nitrogens with zero attached hydrogens (tertiary/aromatic N) is 3. The Labute approximate surface area is 161 Å². The second-order valence-corrected chi connectivity index (χ2v) is 6.53. The third kappa shape index (κ3) is 5.45. The molecule has 140 valence electrons. The van der Waals surface area contributed by atoms with E-state index in [4.69, 9.17) is 0 Å². The lowest BCUT2D eigenvalue weighted by Gasteiger charge is -2.20. The predicted octanol–water partition coefficient (Wildman–Crippen LogP) is 2.96. The molecule has 0 amide bonds. The van der Waals surface area contributed by atoms with Gasteiger partial charge < -0.3 is 10.6 Å². The molecule has 3 rings (SSSR count). The minimum Gasteiger partial charge on any atom is -0.356 e. The summed E-state index contributed by atoms with van der Waals surface area (Å²) in [4.78, 5) is 4.36. The van der Waals surface area contributed by atoms with Crippen LogP contribution in [0.3, 0.4) is 0 Å². The maximum absolute atomic E-state index is 4.36. The van der Waals surface area contributed by atoms with Crippen molar-refractivity contribution in [1.82, 2.24) is 20.4 Å². The average molecular weight is 361 g/mol. The maximum Gasteiger partial charge on any atom is 0.191 e. The van der Waals surface area contributed by atoms with E-state index in [-0.39, 0.29) is 5.92 Å². The number of rotatable bonds is 7. The molecule has 2 aromatic carbocycles. The van der Waals surface area contributed by atoms with Crippen LogP contribution in [-0.4, -0.2) is 35.9 Å². The second kappa shape index (κ2) is 9.57. The number of benzene rings is 2. The number of hydrogen-bond acceptors (Lipinski definition) is 2. The van der Waals surface area contributed by atoms with Gasteiger partial charge in [0.05, 0.1) is 6.20 Å². The highest BCUT2D eigenvalue weighted by molar-refractivity contribution is 5.79. The van der Waals surface area contributed by atoms with Crippen LogP contribution in [0, 0.1) is 0 Å². The topological polar surface area (TPSA) is 54.2 Å². The lowest BCUT2D eigenvalue weighted by Crippen LogP contribution is -2.40. The molecular formula is C22H27N5. The summed E-state index contributed by atoms with van der Waals surface area (Å²) < 4.78 is 1.83. The molecule has 0 unspecified atom stereocenters. The Morgan fingerprint density at radius 3 is 2.15 bits per heavy atom. The van der Waals surface area contributed by atoms with Gasteiger partial charge in [0.25, 0.3) is 0 Å². The van der Waals surface area contributed by atoms with Gasteiger partial charge in [-0.05, 0) is 23.1 Å². The van der Waals surface area contributed by atoms with E-state index >= 15 is 0 Å². The molecule has 3 aromatic rings. The summed E-state index contributed by atoms with van der Waals surface area (Å²) in [6, 6.07) is 21.2. The van der Waals surface area contributed by atoms with Crippen molar-refractivity contribution < 1.29 is 0 Å². The zero-order chi connectivity index (χ0) is 18.9. The largest absolute Gasteiger partial charge is 0.356 e. The Hall–Kier alpha value is -3.08. The Morgan fingerprint density at radius 1 is 1.00 bits per heavy atom. The minimum absolute atomic E-state index is 0.268. The van der Waals surface area contributed by atoms with Crippen LogP contribution in [-0.2, 0) is 13.5 Å². The van der Waals surface area contributed by atoms with Crippen LogP contribution in [0.4, 0.5) is 0 Å². The first-order valence-electron chi connectivity index (χ1n) is 9.28. The van der Waals surface area contributed by atoms with Crippen molar-refractivity contribution in [1.29, 1.82) is 0 Å². The number of aliphatic imine (C=N–C) groups is 1. The fourth-order valence-electron chi connectivity index (χ4n) is 3.14. The summed E-state index contributed by atoms with van der Waals surface area (Å²) in [5.41, 5.74) is 3.80. The van der Waals surface area contributed by atoms with Gasteiger partial charge in [0, 0.05) is 39.3 Å². The van der Waals surface area contributed by atoms with E-state index in [1.807, 2.05) is 24.1 Å². The molecule has 0 bridgehead atoms. The van der Waals surface area contributed by atoms with Crippen molar-refractivity contribution in [2.45, 2.75) is 12.3 Å². The molecule has 0 aliphatic carbocycles. The first-order chi connectivity index (χ1) is 13.3. The van der Waals surface area contributed by atoms with E-state index in [9.17, 15) is 0 Å². The smallest absolute Gasteiger partial charge is 0.191 e. The molecule has 0 atom stereocenters. The lowest BCUT2D eigenvalue weighted by molar-refractivity contribution is 0.725. The maximum atomic E-state index is 4.36. The molecule has 1 aromatic heterocycles. The van der Waals surface area contributed by atoms with Gasteiger partial charge in [-0.3, -0.25) is 9.67 Å². The number of aryl methyl sites for hydroxylation is 1. The third-order valence-corrected chi connectivity index (χ3v) is 4.57. The monoisotopic (exact) mass is 361 g/mol. The summed E-state index contributed by atoms with van der Waals surface area (Å²) in [7, 11) is 3.74. The van der Waals surface area contributed by atoms with Gasteiger partial charge in [-0.1, -0.05) is 60.7 Å². The Kier molecular flexibility index (Phi) is 6.63. The first kappa shape index (κ1) is 18.7. The van der Waals surface area contributed by atoms with Crippen molar-refractivity contribution in [2.75, 3.05) is 20.1 Å². The summed E-state index contributed by atoms with van der Waals surface area (Å²) in [5, 5.41) is 11.1. The van der Waals surface area contributed by atoms with Gasteiger partial charge in [0.2, 0.25) is 0 Å².